The third-order valence-electron chi connectivity index (χ3n) is 6.39. The van der Waals surface area contributed by atoms with Crippen LogP contribution in [0.3, 0.4) is 0 Å². The van der Waals surface area contributed by atoms with Crippen molar-refractivity contribution in [2.24, 2.45) is 5.92 Å². The largest absolute Gasteiger partial charge is 0.508 e. The number of hydrogen-bond acceptors (Lipinski definition) is 7. The molecule has 0 aliphatic heterocycles. The number of benzene rings is 1. The van der Waals surface area contributed by atoms with Crippen molar-refractivity contribution in [3.05, 3.63) is 24.3 Å². The molecule has 1 saturated carbocycles. The molecule has 2 unspecified atom stereocenters. The predicted molar refractivity (Wildman–Crippen MR) is 133 cm³/mol. The van der Waals surface area contributed by atoms with E-state index >= 15 is 0 Å². The van der Waals surface area contributed by atoms with Crippen LogP contribution in [0.5, 0.6) is 11.5 Å². The normalized spacial score (nSPS) is 22.0. The number of aliphatic hydroxyl groups excluding tert-OH is 1. The molecular weight excluding hydrogens is 456 g/mol. The number of aromatic hydroxyl groups is 1. The highest BCUT2D eigenvalue weighted by molar-refractivity contribution is 8.00. The van der Waals surface area contributed by atoms with Gasteiger partial charge < -0.3 is 25.2 Å². The van der Waals surface area contributed by atoms with Crippen molar-refractivity contribution in [1.29, 1.82) is 0 Å². The molecule has 0 bridgehead atoms. The van der Waals surface area contributed by atoms with E-state index in [1.807, 2.05) is 0 Å². The Balaban J connectivity index is 1.91. The number of carboxylic acids is 1. The number of phenolic OH excluding ortho intramolecular Hbond substituents is 1. The van der Waals surface area contributed by atoms with E-state index in [0.717, 1.165) is 38.5 Å². The first-order valence-corrected chi connectivity index (χ1v) is 13.5. The Hall–Kier alpha value is -1.77. The first kappa shape index (κ1) is 28.5. The van der Waals surface area contributed by atoms with E-state index in [1.54, 1.807) is 12.1 Å². The molecule has 1 aliphatic carbocycles. The number of carbonyl (C=O) groups is 2. The minimum absolute atomic E-state index is 0.0744. The van der Waals surface area contributed by atoms with Crippen LogP contribution in [-0.4, -0.2) is 61.5 Å². The molecule has 192 valence electrons. The zero-order valence-electron chi connectivity index (χ0n) is 20.2. The maximum Gasteiger partial charge on any atom is 0.303 e. The molecule has 1 aromatic carbocycles. The summed E-state index contributed by atoms with van der Waals surface area (Å²) in [4.78, 5) is 23.1. The Morgan fingerprint density at radius 3 is 2.50 bits per heavy atom. The molecule has 4 N–H and O–H groups in total. The van der Waals surface area contributed by atoms with E-state index in [0.29, 0.717) is 30.8 Å². The highest BCUT2D eigenvalue weighted by Crippen LogP contribution is 2.38. The van der Waals surface area contributed by atoms with Crippen LogP contribution < -0.4 is 4.74 Å². The maximum absolute atomic E-state index is 12.5. The molecule has 34 heavy (non-hydrogen) atoms. The van der Waals surface area contributed by atoms with Gasteiger partial charge in [-0.3, -0.25) is 9.59 Å². The van der Waals surface area contributed by atoms with Gasteiger partial charge in [0.15, 0.2) is 0 Å². The van der Waals surface area contributed by atoms with Crippen LogP contribution in [0.1, 0.15) is 77.6 Å². The number of aliphatic carboxylic acids is 1. The number of Topliss-reactive ketones (excluding diaryl/α,β-unsaturated/α-hetero) is 1. The van der Waals surface area contributed by atoms with Gasteiger partial charge in [-0.15, -0.1) is 0 Å². The van der Waals surface area contributed by atoms with E-state index in [2.05, 4.69) is 6.92 Å². The average Bonchev–Trinajstić information content (AvgIpc) is 3.06. The lowest BCUT2D eigenvalue weighted by molar-refractivity contribution is -0.137. The number of ketones is 1. The van der Waals surface area contributed by atoms with E-state index in [9.17, 15) is 24.9 Å². The molecule has 7 nitrogen and oxygen atoms in total. The lowest BCUT2D eigenvalue weighted by atomic mass is 9.97. The molecule has 0 heterocycles. The van der Waals surface area contributed by atoms with Gasteiger partial charge in [0.1, 0.15) is 29.5 Å². The van der Waals surface area contributed by atoms with Crippen molar-refractivity contribution < 1.29 is 34.8 Å². The van der Waals surface area contributed by atoms with Crippen molar-refractivity contribution in [3.8, 4) is 11.5 Å². The molecule has 0 spiro atoms. The number of hydrogen-bond donors (Lipinski definition) is 4. The molecule has 0 radical (unpaired) electrons. The van der Waals surface area contributed by atoms with Crippen LogP contribution >= 0.6 is 11.8 Å². The van der Waals surface area contributed by atoms with Crippen molar-refractivity contribution in [3.63, 3.8) is 0 Å². The van der Waals surface area contributed by atoms with Crippen LogP contribution in [0, 0.1) is 5.92 Å². The van der Waals surface area contributed by atoms with E-state index in [4.69, 9.17) is 9.84 Å². The Kier molecular flexibility index (Phi) is 12.2. The minimum atomic E-state index is -1.09. The molecule has 4 atom stereocenters. The molecule has 2 rings (SSSR count). The lowest BCUT2D eigenvalue weighted by Crippen LogP contribution is -2.40. The number of ether oxygens (including phenoxy) is 1. The average molecular weight is 497 g/mol. The second-order valence-electron chi connectivity index (χ2n) is 9.43. The first-order valence-electron chi connectivity index (χ1n) is 12.4. The SMILES string of the molecule is CCCCCC(O)(COc1ccc(O)cc1)CS[C@H]1C(O)CC(=O)[C@@H]1CCCCCCC(=O)O. The summed E-state index contributed by atoms with van der Waals surface area (Å²) in [7, 11) is 0. The number of rotatable bonds is 17. The van der Waals surface area contributed by atoms with Gasteiger partial charge >= 0.3 is 5.97 Å². The van der Waals surface area contributed by atoms with Crippen LogP contribution in [0.15, 0.2) is 24.3 Å². The molecule has 8 heteroatoms. The number of aliphatic hydroxyl groups is 2. The van der Waals surface area contributed by atoms with Crippen molar-refractivity contribution in [2.45, 2.75) is 94.5 Å². The molecule has 1 aliphatic rings. The van der Waals surface area contributed by atoms with E-state index < -0.39 is 17.7 Å². The fourth-order valence-electron chi connectivity index (χ4n) is 4.37. The lowest BCUT2D eigenvalue weighted by Gasteiger charge is -2.31. The second kappa shape index (κ2) is 14.6. The number of thioether (sulfide) groups is 1. The number of phenols is 1. The highest BCUT2D eigenvalue weighted by Gasteiger charge is 2.42. The van der Waals surface area contributed by atoms with Gasteiger partial charge in [-0.1, -0.05) is 45.4 Å². The van der Waals surface area contributed by atoms with E-state index in [-0.39, 0.29) is 42.1 Å². The zero-order chi connectivity index (χ0) is 25.0. The Morgan fingerprint density at radius 1 is 1.12 bits per heavy atom. The fourth-order valence-corrected chi connectivity index (χ4v) is 5.94. The third-order valence-corrected chi connectivity index (χ3v) is 8.12. The Morgan fingerprint density at radius 2 is 1.82 bits per heavy atom. The highest BCUT2D eigenvalue weighted by atomic mass is 32.2. The first-order chi connectivity index (χ1) is 16.2. The van der Waals surface area contributed by atoms with Gasteiger partial charge in [-0.25, -0.2) is 0 Å². The van der Waals surface area contributed by atoms with Gasteiger partial charge in [-0.2, -0.15) is 11.8 Å². The monoisotopic (exact) mass is 496 g/mol. The Bertz CT molecular complexity index is 754. The van der Waals surface area contributed by atoms with Crippen LogP contribution in [0.2, 0.25) is 0 Å². The molecule has 1 aromatic rings. The van der Waals surface area contributed by atoms with Crippen molar-refractivity contribution in [2.75, 3.05) is 12.4 Å². The second-order valence-corrected chi connectivity index (χ2v) is 10.6. The smallest absolute Gasteiger partial charge is 0.303 e. The minimum Gasteiger partial charge on any atom is -0.508 e. The number of carbonyl (C=O) groups excluding carboxylic acids is 1. The third kappa shape index (κ3) is 9.84. The Labute approximate surface area is 206 Å². The summed E-state index contributed by atoms with van der Waals surface area (Å²) < 4.78 is 5.82. The van der Waals surface area contributed by atoms with Crippen LogP contribution in [0.25, 0.3) is 0 Å². The number of unbranched alkanes of at least 4 members (excludes halogenated alkanes) is 5. The molecule has 0 saturated heterocycles. The molecular formula is C26H40O7S. The quantitative estimate of drug-likeness (QED) is 0.231. The van der Waals surface area contributed by atoms with Crippen molar-refractivity contribution in [1.82, 2.24) is 0 Å². The summed E-state index contributed by atoms with van der Waals surface area (Å²) in [5, 5.41) is 39.8. The van der Waals surface area contributed by atoms with Gasteiger partial charge in [0.25, 0.3) is 0 Å². The number of carboxylic acid groups (broad SMARTS) is 1. The topological polar surface area (TPSA) is 124 Å². The summed E-state index contributed by atoms with van der Waals surface area (Å²) in [5.74, 6) is 0.121. The summed E-state index contributed by atoms with van der Waals surface area (Å²) in [5.41, 5.74) is -1.09. The molecule has 1 fully saturated rings. The molecule has 0 amide bonds. The van der Waals surface area contributed by atoms with Crippen molar-refractivity contribution >= 4 is 23.5 Å². The van der Waals surface area contributed by atoms with Gasteiger partial charge in [-0.05, 0) is 43.5 Å². The zero-order valence-corrected chi connectivity index (χ0v) is 21.0. The predicted octanol–water partition coefficient (Wildman–Crippen LogP) is 4.56. The maximum atomic E-state index is 12.5. The van der Waals surface area contributed by atoms with Crippen LogP contribution in [-0.2, 0) is 9.59 Å². The summed E-state index contributed by atoms with van der Waals surface area (Å²) in [6.07, 6.45) is 6.90. The standard InChI is InChI=1S/C26H40O7S/c1-2-3-8-15-26(32,17-33-20-13-11-19(27)12-14-20)18-34-25-21(22(28)16-23(25)29)9-6-4-5-7-10-24(30)31/h11-14,21,23,25,27,29,32H,2-10,15-18H2,1H3,(H,30,31)/t21-,23?,25+,26?/m0/s1. The van der Waals surface area contributed by atoms with E-state index in [1.165, 1.54) is 23.9 Å². The summed E-state index contributed by atoms with van der Waals surface area (Å²) in [6, 6.07) is 6.38. The van der Waals surface area contributed by atoms with Gasteiger partial charge in [0, 0.05) is 29.8 Å². The van der Waals surface area contributed by atoms with Gasteiger partial charge in [0.05, 0.1) is 6.10 Å². The van der Waals surface area contributed by atoms with Crippen LogP contribution in [0.4, 0.5) is 0 Å². The fraction of sp³-hybridized carbons (Fsp3) is 0.692. The van der Waals surface area contributed by atoms with Gasteiger partial charge in [0.2, 0.25) is 0 Å². The summed E-state index contributed by atoms with van der Waals surface area (Å²) in [6.45, 7) is 2.20. The molecule has 0 aromatic heterocycles. The summed E-state index contributed by atoms with van der Waals surface area (Å²) >= 11 is 1.46.